The first-order valence-electron chi connectivity index (χ1n) is 7.99. The molecule has 1 unspecified atom stereocenters. The number of carbonyl (C=O) groups excluding carboxylic acids is 1. The summed E-state index contributed by atoms with van der Waals surface area (Å²) >= 11 is 4.53. The van der Waals surface area contributed by atoms with E-state index in [0.717, 1.165) is 30.2 Å². The van der Waals surface area contributed by atoms with Crippen molar-refractivity contribution in [2.45, 2.75) is 55.2 Å². The third kappa shape index (κ3) is 3.70. The fourth-order valence-electron chi connectivity index (χ4n) is 3.06. The number of halogens is 1. The van der Waals surface area contributed by atoms with E-state index in [-0.39, 0.29) is 22.1 Å². The van der Waals surface area contributed by atoms with Gasteiger partial charge in [0.15, 0.2) is 5.17 Å². The summed E-state index contributed by atoms with van der Waals surface area (Å²) in [6.07, 6.45) is 5.14. The van der Waals surface area contributed by atoms with Crippen molar-refractivity contribution < 1.29 is 13.2 Å². The van der Waals surface area contributed by atoms with E-state index in [1.807, 2.05) is 0 Å². The molecule has 0 N–H and O–H groups in total. The Labute approximate surface area is 155 Å². The van der Waals surface area contributed by atoms with Gasteiger partial charge in [0.05, 0.1) is 10.1 Å². The molecule has 2 fully saturated rings. The number of carbonyl (C=O) groups is 1. The summed E-state index contributed by atoms with van der Waals surface area (Å²) < 4.78 is 30.0. The molecule has 2 aliphatic rings. The van der Waals surface area contributed by atoms with Crippen LogP contribution < -0.4 is 0 Å². The molecule has 0 bridgehead atoms. The zero-order valence-corrected chi connectivity index (χ0v) is 16.5. The molecule has 1 heterocycles. The Kier molecular flexibility index (Phi) is 5.36. The number of hydrogen-bond acceptors (Lipinski definition) is 4. The largest absolute Gasteiger partial charge is 0.287 e. The first-order chi connectivity index (χ1) is 11.4. The molecular formula is C16H19BrN2O3S2. The van der Waals surface area contributed by atoms with Gasteiger partial charge in [-0.3, -0.25) is 9.69 Å². The standard InChI is InChI=1S/C16H19BrN2O3S2/c1-11-15(20)19(13-5-3-2-4-6-13)16(23-11)18-24(21,22)14-9-7-12(17)8-10-14/h7-11,13H,2-6H2,1H3. The van der Waals surface area contributed by atoms with Gasteiger partial charge in [0.2, 0.25) is 5.91 Å². The second-order valence-electron chi connectivity index (χ2n) is 6.06. The topological polar surface area (TPSA) is 66.8 Å². The third-order valence-corrected chi connectivity index (χ3v) is 7.30. The predicted molar refractivity (Wildman–Crippen MR) is 99.5 cm³/mol. The highest BCUT2D eigenvalue weighted by molar-refractivity contribution is 9.10. The highest BCUT2D eigenvalue weighted by atomic mass is 79.9. The molecule has 1 aliphatic carbocycles. The van der Waals surface area contributed by atoms with E-state index < -0.39 is 10.0 Å². The fourth-order valence-corrected chi connectivity index (χ4v) is 5.55. The highest BCUT2D eigenvalue weighted by Gasteiger charge is 2.40. The van der Waals surface area contributed by atoms with Gasteiger partial charge < -0.3 is 0 Å². The Morgan fingerprint density at radius 2 is 1.79 bits per heavy atom. The normalized spacial score (nSPS) is 24.8. The van der Waals surface area contributed by atoms with Crippen molar-refractivity contribution in [2.75, 3.05) is 0 Å². The molecule has 5 nitrogen and oxygen atoms in total. The Morgan fingerprint density at radius 3 is 2.42 bits per heavy atom. The number of sulfonamides is 1. The van der Waals surface area contributed by atoms with Gasteiger partial charge in [-0.1, -0.05) is 47.0 Å². The lowest BCUT2D eigenvalue weighted by Gasteiger charge is -2.30. The van der Waals surface area contributed by atoms with Gasteiger partial charge in [0.1, 0.15) is 0 Å². The fraction of sp³-hybridized carbons (Fsp3) is 0.500. The van der Waals surface area contributed by atoms with Gasteiger partial charge in [0, 0.05) is 10.5 Å². The van der Waals surface area contributed by atoms with Crippen LogP contribution in [0.1, 0.15) is 39.0 Å². The van der Waals surface area contributed by atoms with Gasteiger partial charge in [-0.2, -0.15) is 8.42 Å². The number of thioether (sulfide) groups is 1. The van der Waals surface area contributed by atoms with E-state index >= 15 is 0 Å². The van der Waals surface area contributed by atoms with Crippen LogP contribution in [-0.2, 0) is 14.8 Å². The molecule has 1 aliphatic heterocycles. The maximum atomic E-state index is 12.6. The molecule has 0 radical (unpaired) electrons. The number of amidine groups is 1. The number of rotatable bonds is 3. The molecule has 1 atom stereocenters. The molecule has 1 aromatic carbocycles. The van der Waals surface area contributed by atoms with Crippen molar-refractivity contribution in [3.8, 4) is 0 Å². The lowest BCUT2D eigenvalue weighted by Crippen LogP contribution is -2.42. The molecule has 1 saturated heterocycles. The summed E-state index contributed by atoms with van der Waals surface area (Å²) in [5, 5.41) is 0.0353. The van der Waals surface area contributed by atoms with Gasteiger partial charge in [-0.05, 0) is 44.0 Å². The minimum Gasteiger partial charge on any atom is -0.287 e. The van der Waals surface area contributed by atoms with Crippen LogP contribution >= 0.6 is 27.7 Å². The lowest BCUT2D eigenvalue weighted by atomic mass is 9.94. The first-order valence-corrected chi connectivity index (χ1v) is 11.1. The van der Waals surface area contributed by atoms with Crippen molar-refractivity contribution in [3.05, 3.63) is 28.7 Å². The monoisotopic (exact) mass is 430 g/mol. The Hall–Kier alpha value is -0.860. The Bertz CT molecular complexity index is 756. The average Bonchev–Trinajstić information content (AvgIpc) is 2.82. The molecule has 3 rings (SSSR count). The molecule has 1 amide bonds. The summed E-state index contributed by atoms with van der Waals surface area (Å²) in [5.41, 5.74) is 0. The van der Waals surface area contributed by atoms with Crippen molar-refractivity contribution in [3.63, 3.8) is 0 Å². The van der Waals surface area contributed by atoms with Gasteiger partial charge in [0.25, 0.3) is 10.0 Å². The summed E-state index contributed by atoms with van der Waals surface area (Å²) in [4.78, 5) is 14.3. The minimum atomic E-state index is -3.83. The summed E-state index contributed by atoms with van der Waals surface area (Å²) in [5.74, 6) is -0.0309. The molecule has 1 aromatic rings. The van der Waals surface area contributed by atoms with Crippen molar-refractivity contribution in [1.82, 2.24) is 4.90 Å². The van der Waals surface area contributed by atoms with E-state index in [1.54, 1.807) is 24.0 Å². The van der Waals surface area contributed by atoms with Gasteiger partial charge >= 0.3 is 0 Å². The van der Waals surface area contributed by atoms with E-state index in [4.69, 9.17) is 0 Å². The van der Waals surface area contributed by atoms with Crippen LogP contribution in [0.2, 0.25) is 0 Å². The van der Waals surface area contributed by atoms with Crippen LogP contribution in [0.4, 0.5) is 0 Å². The Balaban J connectivity index is 1.93. The maximum absolute atomic E-state index is 12.6. The Morgan fingerprint density at radius 1 is 1.17 bits per heavy atom. The molecule has 24 heavy (non-hydrogen) atoms. The zero-order valence-electron chi connectivity index (χ0n) is 13.3. The summed E-state index contributed by atoms with van der Waals surface area (Å²) in [6, 6.07) is 6.43. The molecule has 0 spiro atoms. The minimum absolute atomic E-state index is 0.0309. The molecular weight excluding hydrogens is 412 g/mol. The molecule has 8 heteroatoms. The van der Waals surface area contributed by atoms with E-state index in [0.29, 0.717) is 5.17 Å². The van der Waals surface area contributed by atoms with E-state index in [9.17, 15) is 13.2 Å². The van der Waals surface area contributed by atoms with Gasteiger partial charge in [-0.25, -0.2) is 0 Å². The summed E-state index contributed by atoms with van der Waals surface area (Å²) in [7, 11) is -3.83. The summed E-state index contributed by atoms with van der Waals surface area (Å²) in [6.45, 7) is 1.80. The van der Waals surface area contributed by atoms with Crippen LogP contribution in [0.5, 0.6) is 0 Å². The number of amides is 1. The number of nitrogens with zero attached hydrogens (tertiary/aromatic N) is 2. The number of hydrogen-bond donors (Lipinski definition) is 0. The third-order valence-electron chi connectivity index (χ3n) is 4.32. The van der Waals surface area contributed by atoms with Crippen molar-refractivity contribution in [1.29, 1.82) is 0 Å². The van der Waals surface area contributed by atoms with Crippen molar-refractivity contribution in [2.24, 2.45) is 4.40 Å². The number of benzene rings is 1. The second kappa shape index (κ2) is 7.17. The van der Waals surface area contributed by atoms with Crippen molar-refractivity contribution >= 4 is 48.8 Å². The van der Waals surface area contributed by atoms with Crippen LogP contribution in [0, 0.1) is 0 Å². The van der Waals surface area contributed by atoms with Crippen LogP contribution in [0.15, 0.2) is 38.0 Å². The zero-order chi connectivity index (χ0) is 17.3. The average molecular weight is 431 g/mol. The molecule has 0 aromatic heterocycles. The van der Waals surface area contributed by atoms with Crippen LogP contribution in [0.3, 0.4) is 0 Å². The molecule has 130 valence electrons. The quantitative estimate of drug-likeness (QED) is 0.731. The SMILES string of the molecule is CC1SC(=NS(=O)(=O)c2ccc(Br)cc2)N(C2CCCCC2)C1=O. The van der Waals surface area contributed by atoms with Crippen LogP contribution in [0.25, 0.3) is 0 Å². The molecule has 1 saturated carbocycles. The lowest BCUT2D eigenvalue weighted by molar-refractivity contribution is -0.127. The van der Waals surface area contributed by atoms with Crippen LogP contribution in [-0.4, -0.2) is 35.7 Å². The highest BCUT2D eigenvalue weighted by Crippen LogP contribution is 2.34. The van der Waals surface area contributed by atoms with Gasteiger partial charge in [-0.15, -0.1) is 4.40 Å². The van der Waals surface area contributed by atoms with E-state index in [1.165, 1.54) is 30.3 Å². The second-order valence-corrected chi connectivity index (χ2v) is 9.89. The predicted octanol–water partition coefficient (Wildman–Crippen LogP) is 3.79. The van der Waals surface area contributed by atoms with E-state index in [2.05, 4.69) is 20.3 Å². The smallest absolute Gasteiger partial charge is 0.284 e. The first kappa shape index (κ1) is 17.9. The maximum Gasteiger partial charge on any atom is 0.284 e.